The van der Waals surface area contributed by atoms with Gasteiger partial charge in [-0.25, -0.2) is 0 Å². The molecule has 3 rings (SSSR count). The second kappa shape index (κ2) is 18.0. The predicted molar refractivity (Wildman–Crippen MR) is 138 cm³/mol. The van der Waals surface area contributed by atoms with Crippen molar-refractivity contribution in [2.24, 2.45) is 5.92 Å². The monoisotopic (exact) mass is 442 g/mol. The highest BCUT2D eigenvalue weighted by atomic mass is 15.0. The Morgan fingerprint density at radius 1 is 0.688 bits per heavy atom. The molecule has 0 saturated heterocycles. The van der Waals surface area contributed by atoms with E-state index in [9.17, 15) is 0 Å². The Kier molecular flexibility index (Phi) is 15.0. The van der Waals surface area contributed by atoms with Crippen LogP contribution in [0.2, 0.25) is 0 Å². The summed E-state index contributed by atoms with van der Waals surface area (Å²) in [7, 11) is 0. The van der Waals surface area contributed by atoms with Gasteiger partial charge in [0.15, 0.2) is 0 Å². The Hall–Kier alpha value is -1.54. The summed E-state index contributed by atoms with van der Waals surface area (Å²) in [4.78, 5) is 0. The topological polar surface area (TPSA) is 72.2 Å². The summed E-state index contributed by atoms with van der Waals surface area (Å²) in [6, 6.07) is 8.91. The number of allylic oxidation sites excluding steroid dienone is 1. The van der Waals surface area contributed by atoms with Crippen molar-refractivity contribution < 1.29 is 0 Å². The molecule has 1 atom stereocenters. The van der Waals surface area contributed by atoms with E-state index in [0.29, 0.717) is 5.92 Å². The summed E-state index contributed by atoms with van der Waals surface area (Å²) in [5.74, 6) is 0.575. The molecule has 32 heavy (non-hydrogen) atoms. The lowest BCUT2D eigenvalue weighted by atomic mass is 10.0. The largest absolute Gasteiger partial charge is 0.315 e. The third kappa shape index (κ3) is 12.5. The Labute approximate surface area is 196 Å². The molecule has 6 heteroatoms. The number of benzene rings is 1. The fourth-order valence-electron chi connectivity index (χ4n) is 3.58. The van der Waals surface area contributed by atoms with Gasteiger partial charge in [0.25, 0.3) is 0 Å². The maximum absolute atomic E-state index is 3.59. The standard InChI is InChI=1S/C26H46N6/c1-3-23-5-6-24(4-2)20-30-16-12-28-14-18-32-22-26-9-7-25(8-10-26)21-31-17-13-27-11-15-29-19-23/h3,5-10,24,27-32H,4,11-22H2,1-2H3/b6-5-,23-3+/t24-/m1/s1. The van der Waals surface area contributed by atoms with Crippen LogP contribution >= 0.6 is 0 Å². The molecule has 180 valence electrons. The maximum Gasteiger partial charge on any atom is 0.0206 e. The van der Waals surface area contributed by atoms with Crippen molar-refractivity contribution in [2.45, 2.75) is 33.4 Å². The van der Waals surface area contributed by atoms with Crippen molar-refractivity contribution in [3.8, 4) is 0 Å². The van der Waals surface area contributed by atoms with E-state index in [1.165, 1.54) is 16.7 Å². The molecular formula is C26H46N6. The lowest BCUT2D eigenvalue weighted by Gasteiger charge is -2.13. The van der Waals surface area contributed by atoms with Gasteiger partial charge < -0.3 is 31.9 Å². The van der Waals surface area contributed by atoms with E-state index in [-0.39, 0.29) is 0 Å². The molecule has 6 N–H and O–H groups in total. The SMILES string of the molecule is C/C=C1\C=C/[C@@H](CC)CNCCNCCNCc2ccc(cc2)CNCCNCCNC1. The highest BCUT2D eigenvalue weighted by Gasteiger charge is 2.02. The molecular weight excluding hydrogens is 396 g/mol. The normalized spacial score (nSPS) is 24.3. The van der Waals surface area contributed by atoms with Gasteiger partial charge in [-0.1, -0.05) is 49.4 Å². The van der Waals surface area contributed by atoms with Crippen molar-refractivity contribution >= 4 is 0 Å². The van der Waals surface area contributed by atoms with Gasteiger partial charge in [-0.2, -0.15) is 0 Å². The molecule has 0 saturated carbocycles. The van der Waals surface area contributed by atoms with Crippen LogP contribution in [0.3, 0.4) is 0 Å². The van der Waals surface area contributed by atoms with Crippen LogP contribution in [0.25, 0.3) is 0 Å². The minimum Gasteiger partial charge on any atom is -0.315 e. The first-order chi connectivity index (χ1) is 15.8. The zero-order chi connectivity index (χ0) is 22.7. The van der Waals surface area contributed by atoms with Gasteiger partial charge in [0.2, 0.25) is 0 Å². The first-order valence-electron chi connectivity index (χ1n) is 12.5. The van der Waals surface area contributed by atoms with Crippen molar-refractivity contribution in [3.05, 3.63) is 59.2 Å². The molecule has 6 nitrogen and oxygen atoms in total. The number of hydrogen-bond acceptors (Lipinski definition) is 6. The summed E-state index contributed by atoms with van der Waals surface area (Å²) in [6.45, 7) is 16.1. The molecule has 0 radical (unpaired) electrons. The van der Waals surface area contributed by atoms with E-state index in [1.54, 1.807) is 0 Å². The highest BCUT2D eigenvalue weighted by molar-refractivity contribution is 5.22. The number of nitrogens with one attached hydrogen (secondary N) is 6. The van der Waals surface area contributed by atoms with Crippen LogP contribution in [-0.2, 0) is 13.1 Å². The van der Waals surface area contributed by atoms with Crippen molar-refractivity contribution in [1.82, 2.24) is 31.9 Å². The van der Waals surface area contributed by atoms with E-state index in [4.69, 9.17) is 0 Å². The van der Waals surface area contributed by atoms with Crippen molar-refractivity contribution in [2.75, 3.05) is 65.4 Å². The van der Waals surface area contributed by atoms with E-state index in [0.717, 1.165) is 85.0 Å². The fourth-order valence-corrected chi connectivity index (χ4v) is 3.58. The number of rotatable bonds is 1. The molecule has 0 unspecified atom stereocenters. The zero-order valence-corrected chi connectivity index (χ0v) is 20.3. The quantitative estimate of drug-likeness (QED) is 0.373. The molecule has 0 spiro atoms. The smallest absolute Gasteiger partial charge is 0.0206 e. The van der Waals surface area contributed by atoms with E-state index < -0.39 is 0 Å². The zero-order valence-electron chi connectivity index (χ0n) is 20.3. The Morgan fingerprint density at radius 2 is 1.16 bits per heavy atom. The molecule has 2 heterocycles. The third-order valence-electron chi connectivity index (χ3n) is 5.81. The average molecular weight is 443 g/mol. The van der Waals surface area contributed by atoms with E-state index >= 15 is 0 Å². The van der Waals surface area contributed by atoms with Gasteiger partial charge in [-0.05, 0) is 36.0 Å². The van der Waals surface area contributed by atoms with E-state index in [1.807, 2.05) is 0 Å². The van der Waals surface area contributed by atoms with Crippen LogP contribution in [0.4, 0.5) is 0 Å². The third-order valence-corrected chi connectivity index (χ3v) is 5.81. The summed E-state index contributed by atoms with van der Waals surface area (Å²) in [6.07, 6.45) is 8.02. The van der Waals surface area contributed by atoms with Crippen LogP contribution < -0.4 is 31.9 Å². The molecule has 0 amide bonds. The predicted octanol–water partition coefficient (Wildman–Crippen LogP) is 1.77. The summed E-state index contributed by atoms with van der Waals surface area (Å²) in [5.41, 5.74) is 4.03. The lowest BCUT2D eigenvalue weighted by molar-refractivity contribution is 0.524. The fraction of sp³-hybridized carbons (Fsp3) is 0.615. The average Bonchev–Trinajstić information content (AvgIpc) is 2.82. The van der Waals surface area contributed by atoms with Crippen molar-refractivity contribution in [3.63, 3.8) is 0 Å². The lowest BCUT2D eigenvalue weighted by Crippen LogP contribution is -2.34. The highest BCUT2D eigenvalue weighted by Crippen LogP contribution is 2.06. The molecule has 2 aliphatic heterocycles. The van der Waals surface area contributed by atoms with Gasteiger partial charge in [0.1, 0.15) is 0 Å². The second-order valence-corrected chi connectivity index (χ2v) is 8.44. The molecule has 1 aromatic rings. The van der Waals surface area contributed by atoms with Crippen LogP contribution in [0.1, 0.15) is 31.4 Å². The van der Waals surface area contributed by atoms with Gasteiger partial charge in [-0.15, -0.1) is 0 Å². The van der Waals surface area contributed by atoms with Crippen LogP contribution in [-0.4, -0.2) is 65.4 Å². The Bertz CT molecular complexity index is 640. The first-order valence-corrected chi connectivity index (χ1v) is 12.5. The summed E-state index contributed by atoms with van der Waals surface area (Å²) >= 11 is 0. The molecule has 0 aromatic heterocycles. The van der Waals surface area contributed by atoms with Gasteiger partial charge in [-0.3, -0.25) is 0 Å². The second-order valence-electron chi connectivity index (χ2n) is 8.44. The van der Waals surface area contributed by atoms with Crippen molar-refractivity contribution in [1.29, 1.82) is 0 Å². The summed E-state index contributed by atoms with van der Waals surface area (Å²) < 4.78 is 0. The minimum absolute atomic E-state index is 0.575. The van der Waals surface area contributed by atoms with Gasteiger partial charge in [0.05, 0.1) is 0 Å². The van der Waals surface area contributed by atoms with Crippen LogP contribution in [0, 0.1) is 5.92 Å². The van der Waals surface area contributed by atoms with Gasteiger partial charge >= 0.3 is 0 Å². The minimum atomic E-state index is 0.575. The molecule has 0 aliphatic carbocycles. The first kappa shape index (κ1) is 26.7. The molecule has 0 fully saturated rings. The van der Waals surface area contributed by atoms with Crippen LogP contribution in [0.5, 0.6) is 0 Å². The number of fused-ring (bicyclic) bond motifs is 22. The van der Waals surface area contributed by atoms with E-state index in [2.05, 4.69) is 88.2 Å². The number of hydrogen-bond donors (Lipinski definition) is 6. The summed E-state index contributed by atoms with van der Waals surface area (Å²) in [5, 5.41) is 21.2. The molecule has 2 bridgehead atoms. The maximum atomic E-state index is 3.59. The van der Waals surface area contributed by atoms with Crippen LogP contribution in [0.15, 0.2) is 48.1 Å². The van der Waals surface area contributed by atoms with Gasteiger partial charge in [0, 0.05) is 78.5 Å². The molecule has 2 aliphatic rings. The Morgan fingerprint density at radius 3 is 1.66 bits per heavy atom. The molecule has 1 aromatic carbocycles. The Balaban J connectivity index is 1.79.